The number of hydrazine groups is 1. The summed E-state index contributed by atoms with van der Waals surface area (Å²) in [6.45, 7) is 1.72. The fraction of sp³-hybridized carbons (Fsp3) is 0.190. The third-order valence-electron chi connectivity index (χ3n) is 4.11. The molecule has 1 heterocycles. The van der Waals surface area contributed by atoms with Gasteiger partial charge in [0.25, 0.3) is 11.8 Å². The van der Waals surface area contributed by atoms with Crippen LogP contribution in [0.15, 0.2) is 48.0 Å². The zero-order valence-corrected chi connectivity index (χ0v) is 18.5. The van der Waals surface area contributed by atoms with Gasteiger partial charge in [0.2, 0.25) is 0 Å². The van der Waals surface area contributed by atoms with Gasteiger partial charge in [0.15, 0.2) is 18.1 Å². The van der Waals surface area contributed by atoms with Gasteiger partial charge < -0.3 is 14.2 Å². The van der Waals surface area contributed by atoms with E-state index in [9.17, 15) is 14.4 Å². The number of anilines is 1. The third-order valence-corrected chi connectivity index (χ3v) is 4.91. The Kier molecular flexibility index (Phi) is 6.93. The number of hydrogen-bond acceptors (Lipinski definition) is 6. The molecule has 1 aliphatic heterocycles. The van der Waals surface area contributed by atoms with Crippen LogP contribution in [0.4, 0.5) is 5.69 Å². The maximum atomic E-state index is 12.7. The van der Waals surface area contributed by atoms with Gasteiger partial charge in [-0.05, 0) is 65.4 Å². The summed E-state index contributed by atoms with van der Waals surface area (Å²) in [5.41, 5.74) is 3.70. The first-order chi connectivity index (χ1) is 14.4. The highest BCUT2D eigenvalue weighted by molar-refractivity contribution is 14.1. The highest BCUT2D eigenvalue weighted by Crippen LogP contribution is 2.35. The van der Waals surface area contributed by atoms with Crippen LogP contribution in [0.25, 0.3) is 6.08 Å². The van der Waals surface area contributed by atoms with E-state index in [1.54, 1.807) is 43.3 Å². The molecular formula is C21H19IN2O6. The molecule has 2 aromatic rings. The topological polar surface area (TPSA) is 94.2 Å². The summed E-state index contributed by atoms with van der Waals surface area (Å²) < 4.78 is 16.4. The Morgan fingerprint density at radius 1 is 1.20 bits per heavy atom. The van der Waals surface area contributed by atoms with Crippen LogP contribution in [0.2, 0.25) is 0 Å². The van der Waals surface area contributed by atoms with Crippen molar-refractivity contribution in [2.24, 2.45) is 0 Å². The number of methoxy groups -OCH3 is 1. The normalized spacial score (nSPS) is 14.6. The number of benzene rings is 2. The van der Waals surface area contributed by atoms with Crippen LogP contribution >= 0.6 is 22.6 Å². The number of amides is 2. The molecule has 156 valence electrons. The monoisotopic (exact) mass is 522 g/mol. The van der Waals surface area contributed by atoms with E-state index in [4.69, 9.17) is 14.2 Å². The van der Waals surface area contributed by atoms with E-state index in [1.165, 1.54) is 18.2 Å². The number of halogens is 1. The molecule has 1 fully saturated rings. The summed E-state index contributed by atoms with van der Waals surface area (Å²) in [5, 5.41) is 1.20. The van der Waals surface area contributed by atoms with Gasteiger partial charge in [-0.1, -0.05) is 18.2 Å². The second-order valence-corrected chi connectivity index (χ2v) is 7.27. The van der Waals surface area contributed by atoms with Gasteiger partial charge in [0.05, 0.1) is 23.0 Å². The molecule has 1 aliphatic rings. The third kappa shape index (κ3) is 4.73. The molecule has 2 amide bonds. The number of para-hydroxylation sites is 1. The van der Waals surface area contributed by atoms with Crippen molar-refractivity contribution in [2.75, 3.05) is 25.3 Å². The van der Waals surface area contributed by atoms with Gasteiger partial charge in [-0.3, -0.25) is 15.0 Å². The number of hydrogen-bond donors (Lipinski definition) is 1. The van der Waals surface area contributed by atoms with Gasteiger partial charge in [-0.2, -0.15) is 0 Å². The minimum absolute atomic E-state index is 0.00287. The Balaban J connectivity index is 1.86. The summed E-state index contributed by atoms with van der Waals surface area (Å²) in [7, 11) is 1.46. The van der Waals surface area contributed by atoms with Crippen molar-refractivity contribution in [1.29, 1.82) is 0 Å². The summed E-state index contributed by atoms with van der Waals surface area (Å²) in [5.74, 6) is -0.704. The largest absolute Gasteiger partial charge is 0.493 e. The van der Waals surface area contributed by atoms with Crippen molar-refractivity contribution in [3.8, 4) is 11.5 Å². The van der Waals surface area contributed by atoms with Crippen LogP contribution in [0.3, 0.4) is 0 Å². The quantitative estimate of drug-likeness (QED) is 0.260. The Hall–Kier alpha value is -3.08. The highest BCUT2D eigenvalue weighted by atomic mass is 127. The molecule has 0 bridgehead atoms. The summed E-state index contributed by atoms with van der Waals surface area (Å²) >= 11 is 2.03. The molecule has 0 spiro atoms. The van der Waals surface area contributed by atoms with E-state index >= 15 is 0 Å². The lowest BCUT2D eigenvalue weighted by molar-refractivity contribution is -0.145. The maximum Gasteiger partial charge on any atom is 0.344 e. The first-order valence-corrected chi connectivity index (χ1v) is 10.1. The molecule has 0 unspecified atom stereocenters. The molecule has 0 aliphatic carbocycles. The van der Waals surface area contributed by atoms with E-state index < -0.39 is 17.8 Å². The Labute approximate surface area is 186 Å². The lowest BCUT2D eigenvalue weighted by Crippen LogP contribution is -2.35. The highest BCUT2D eigenvalue weighted by Gasteiger charge is 2.34. The van der Waals surface area contributed by atoms with Crippen LogP contribution in [0.5, 0.6) is 11.5 Å². The number of nitrogens with zero attached hydrogens (tertiary/aromatic N) is 1. The SMILES string of the molecule is CCOC(=O)COc1c(I)cc(/C=C2/C(=O)NN(c3ccccc3)C2=O)cc1OC. The first kappa shape index (κ1) is 21.6. The van der Waals surface area contributed by atoms with Gasteiger partial charge in [0.1, 0.15) is 5.57 Å². The van der Waals surface area contributed by atoms with Crippen LogP contribution in [0, 0.1) is 3.57 Å². The van der Waals surface area contributed by atoms with Crippen LogP contribution in [-0.4, -0.2) is 38.1 Å². The van der Waals surface area contributed by atoms with E-state index in [0.29, 0.717) is 26.3 Å². The van der Waals surface area contributed by atoms with Gasteiger partial charge >= 0.3 is 5.97 Å². The molecule has 8 nitrogen and oxygen atoms in total. The van der Waals surface area contributed by atoms with Crippen LogP contribution in [-0.2, 0) is 19.1 Å². The van der Waals surface area contributed by atoms with Crippen molar-refractivity contribution in [2.45, 2.75) is 6.92 Å². The summed E-state index contributed by atoms with van der Waals surface area (Å²) in [6, 6.07) is 12.2. The number of rotatable bonds is 7. The predicted molar refractivity (Wildman–Crippen MR) is 118 cm³/mol. The Morgan fingerprint density at radius 2 is 1.93 bits per heavy atom. The van der Waals surface area contributed by atoms with E-state index in [-0.39, 0.29) is 18.8 Å². The lowest BCUT2D eigenvalue weighted by atomic mass is 10.1. The smallest absolute Gasteiger partial charge is 0.344 e. The second-order valence-electron chi connectivity index (χ2n) is 6.10. The average molecular weight is 522 g/mol. The van der Waals surface area contributed by atoms with Gasteiger partial charge in [0, 0.05) is 0 Å². The molecule has 9 heteroatoms. The lowest BCUT2D eigenvalue weighted by Gasteiger charge is -2.14. The Bertz CT molecular complexity index is 1010. The first-order valence-electron chi connectivity index (χ1n) is 9.02. The number of ether oxygens (including phenoxy) is 3. The fourth-order valence-corrected chi connectivity index (χ4v) is 3.56. The predicted octanol–water partition coefficient (Wildman–Crippen LogP) is 2.70. The van der Waals surface area contributed by atoms with Crippen LogP contribution in [0.1, 0.15) is 12.5 Å². The Morgan fingerprint density at radius 3 is 2.60 bits per heavy atom. The molecule has 0 radical (unpaired) electrons. The molecule has 30 heavy (non-hydrogen) atoms. The van der Waals surface area contributed by atoms with Gasteiger partial charge in [-0.15, -0.1) is 0 Å². The summed E-state index contributed by atoms with van der Waals surface area (Å²) in [6.07, 6.45) is 1.49. The number of carbonyl (C=O) groups excluding carboxylic acids is 3. The molecular weight excluding hydrogens is 503 g/mol. The minimum atomic E-state index is -0.500. The summed E-state index contributed by atoms with van der Waals surface area (Å²) in [4.78, 5) is 36.7. The average Bonchev–Trinajstić information content (AvgIpc) is 3.01. The van der Waals surface area contributed by atoms with Crippen molar-refractivity contribution in [3.05, 3.63) is 57.2 Å². The standard InChI is InChI=1S/C21H19IN2O6/c1-3-29-18(25)12-30-19-16(22)10-13(11-17(19)28-2)9-15-20(26)23-24(21(15)27)14-7-5-4-6-8-14/h4-11H,3,12H2,1-2H3,(H,23,26)/b15-9-. The molecule has 3 rings (SSSR count). The van der Waals surface area contributed by atoms with Crippen molar-refractivity contribution in [1.82, 2.24) is 5.43 Å². The molecule has 0 saturated carbocycles. The van der Waals surface area contributed by atoms with Crippen LogP contribution < -0.4 is 19.9 Å². The van der Waals surface area contributed by atoms with Gasteiger partial charge in [-0.25, -0.2) is 9.80 Å². The molecule has 0 atom stereocenters. The second kappa shape index (κ2) is 9.61. The molecule has 0 aromatic heterocycles. The maximum absolute atomic E-state index is 12.7. The van der Waals surface area contributed by atoms with E-state index in [0.717, 1.165) is 0 Å². The molecule has 1 saturated heterocycles. The van der Waals surface area contributed by atoms with Crippen molar-refractivity contribution in [3.63, 3.8) is 0 Å². The number of carbonyl (C=O) groups is 3. The van der Waals surface area contributed by atoms with E-state index in [1.807, 2.05) is 28.7 Å². The molecule has 2 aromatic carbocycles. The van der Waals surface area contributed by atoms with Crippen molar-refractivity contribution >= 4 is 52.1 Å². The zero-order valence-electron chi connectivity index (χ0n) is 16.3. The van der Waals surface area contributed by atoms with Crippen molar-refractivity contribution < 1.29 is 28.6 Å². The van der Waals surface area contributed by atoms with E-state index in [2.05, 4.69) is 5.43 Å². The minimum Gasteiger partial charge on any atom is -0.493 e. The zero-order chi connectivity index (χ0) is 21.7. The number of esters is 1. The fourth-order valence-electron chi connectivity index (χ4n) is 2.78. The molecule has 1 N–H and O–H groups in total. The number of nitrogens with one attached hydrogen (secondary N) is 1.